The van der Waals surface area contributed by atoms with E-state index in [0.717, 1.165) is 32.1 Å². The van der Waals surface area contributed by atoms with Crippen LogP contribution in [0.1, 0.15) is 51.9 Å². The normalized spacial score (nSPS) is 12.3. The van der Waals surface area contributed by atoms with Gasteiger partial charge in [0.15, 0.2) is 5.96 Å². The van der Waals surface area contributed by atoms with Crippen LogP contribution in [0.15, 0.2) is 72.9 Å². The minimum Gasteiger partial charge on any atom is -0.392 e. The van der Waals surface area contributed by atoms with E-state index < -0.39 is 11.9 Å². The number of hydrogen-bond donors (Lipinski definition) is 2. The summed E-state index contributed by atoms with van der Waals surface area (Å²) in [6.07, 6.45) is 30.5. The maximum absolute atomic E-state index is 11.5. The number of likely N-dealkylation sites (N-methyl/N-ethyl adjacent to an activating group) is 1. The fraction of sp³-hybridized carbons (Fsp3) is 0.400. The lowest BCUT2D eigenvalue weighted by molar-refractivity contribution is -0.159. The van der Waals surface area contributed by atoms with E-state index in [1.54, 1.807) is 6.08 Å². The van der Waals surface area contributed by atoms with Crippen LogP contribution in [0.25, 0.3) is 0 Å². The molecule has 0 aliphatic rings. The summed E-state index contributed by atoms with van der Waals surface area (Å²) >= 11 is 0. The molecular formula is C25H37N3O3. The molecule has 0 aromatic carbocycles. The summed E-state index contributed by atoms with van der Waals surface area (Å²) in [4.78, 5) is 24.2. The van der Waals surface area contributed by atoms with Gasteiger partial charge in [0.25, 0.3) is 0 Å². The van der Waals surface area contributed by atoms with Gasteiger partial charge in [0.2, 0.25) is 0 Å². The Bertz CT molecular complexity index is 701. The number of rotatable bonds is 15. The molecule has 3 N–H and O–H groups in total. The largest absolute Gasteiger partial charge is 0.392 e. The van der Waals surface area contributed by atoms with E-state index in [1.165, 1.54) is 11.9 Å². The number of carbonyl (C=O) groups is 2. The van der Waals surface area contributed by atoms with E-state index in [1.807, 2.05) is 12.2 Å². The fourth-order valence-electron chi connectivity index (χ4n) is 2.18. The molecule has 0 aromatic heterocycles. The summed E-state index contributed by atoms with van der Waals surface area (Å²) in [5, 5.41) is 7.15. The molecule has 0 aromatic rings. The van der Waals surface area contributed by atoms with Gasteiger partial charge in [-0.05, 0) is 38.5 Å². The molecule has 31 heavy (non-hydrogen) atoms. The molecule has 0 aliphatic heterocycles. The van der Waals surface area contributed by atoms with Crippen LogP contribution in [0.5, 0.6) is 0 Å². The molecule has 170 valence electrons. The van der Waals surface area contributed by atoms with E-state index in [9.17, 15) is 9.59 Å². The topological polar surface area (TPSA) is 96.5 Å². The second-order valence-electron chi connectivity index (χ2n) is 6.71. The van der Waals surface area contributed by atoms with Gasteiger partial charge in [-0.25, -0.2) is 4.79 Å². The van der Waals surface area contributed by atoms with E-state index in [0.29, 0.717) is 6.42 Å². The first-order valence-electron chi connectivity index (χ1n) is 10.7. The molecule has 0 heterocycles. The minimum absolute atomic E-state index is 0.0280. The molecule has 0 saturated carbocycles. The number of hydrogen-bond acceptors (Lipinski definition) is 4. The Kier molecular flexibility index (Phi) is 18.1. The Morgan fingerprint density at radius 1 is 0.742 bits per heavy atom. The van der Waals surface area contributed by atoms with E-state index in [-0.39, 0.29) is 18.9 Å². The molecule has 0 spiro atoms. The van der Waals surface area contributed by atoms with Crippen molar-refractivity contribution >= 4 is 17.9 Å². The number of esters is 2. The first kappa shape index (κ1) is 27.8. The van der Waals surface area contributed by atoms with E-state index in [2.05, 4.69) is 66.3 Å². The fourth-order valence-corrected chi connectivity index (χ4v) is 2.18. The van der Waals surface area contributed by atoms with Crippen LogP contribution >= 0.6 is 0 Å². The standard InChI is InChI=1S/C25H37N3O3/c1-3-4-5-6-7-8-9-10-11-12-13-14-15-16-17-18-19-20-21-23(29)31-24(30)22-28(2)25(26)27/h4-5,7-8,10-11,13-14,16-17,19-20H,3,6,9,12,15,18,21-22H2,1-2H3,(H3,26,27)/b5-4-,8-7-,11-10-,14-13-,17-16-,20-19-. The lowest BCUT2D eigenvalue weighted by Crippen LogP contribution is -2.37. The van der Waals surface area contributed by atoms with Crippen molar-refractivity contribution in [3.8, 4) is 0 Å². The zero-order chi connectivity index (χ0) is 23.2. The van der Waals surface area contributed by atoms with Crippen molar-refractivity contribution in [1.29, 1.82) is 5.41 Å². The Balaban J connectivity index is 3.77. The van der Waals surface area contributed by atoms with Crippen molar-refractivity contribution in [1.82, 2.24) is 4.90 Å². The Morgan fingerprint density at radius 2 is 1.13 bits per heavy atom. The van der Waals surface area contributed by atoms with Crippen LogP contribution in [-0.4, -0.2) is 36.4 Å². The third-order valence-electron chi connectivity index (χ3n) is 3.89. The van der Waals surface area contributed by atoms with Crippen molar-refractivity contribution in [3.05, 3.63) is 72.9 Å². The molecule has 0 unspecified atom stereocenters. The van der Waals surface area contributed by atoms with Gasteiger partial charge in [-0.15, -0.1) is 0 Å². The number of carbonyl (C=O) groups excluding carboxylic acids is 2. The summed E-state index contributed by atoms with van der Waals surface area (Å²) in [5.74, 6) is -1.61. The Hall–Kier alpha value is -3.15. The number of nitrogens with one attached hydrogen (secondary N) is 1. The van der Waals surface area contributed by atoms with Crippen LogP contribution < -0.4 is 5.73 Å². The monoisotopic (exact) mass is 427 g/mol. The number of nitrogens with two attached hydrogens (primary N) is 1. The number of nitrogens with zero attached hydrogens (tertiary/aromatic N) is 1. The molecule has 0 rings (SSSR count). The smallest absolute Gasteiger partial charge is 0.333 e. The number of allylic oxidation sites excluding steroid dienone is 11. The summed E-state index contributed by atoms with van der Waals surface area (Å²) in [7, 11) is 1.47. The molecule has 6 nitrogen and oxygen atoms in total. The molecule has 0 saturated heterocycles. The highest BCUT2D eigenvalue weighted by atomic mass is 16.6. The number of guanidine groups is 1. The molecule has 0 atom stereocenters. The zero-order valence-corrected chi connectivity index (χ0v) is 18.8. The molecule has 0 fully saturated rings. The average molecular weight is 428 g/mol. The maximum atomic E-state index is 11.5. The van der Waals surface area contributed by atoms with Crippen LogP contribution in [0.3, 0.4) is 0 Å². The van der Waals surface area contributed by atoms with Crippen molar-refractivity contribution in [2.24, 2.45) is 5.73 Å². The van der Waals surface area contributed by atoms with Gasteiger partial charge in [-0.1, -0.05) is 79.8 Å². The molecule has 6 heteroatoms. The van der Waals surface area contributed by atoms with Crippen molar-refractivity contribution < 1.29 is 14.3 Å². The molecule has 0 aliphatic carbocycles. The minimum atomic E-state index is -0.728. The molecular weight excluding hydrogens is 390 g/mol. The highest BCUT2D eigenvalue weighted by Crippen LogP contribution is 1.97. The van der Waals surface area contributed by atoms with Crippen LogP contribution in [0, 0.1) is 5.41 Å². The van der Waals surface area contributed by atoms with Crippen LogP contribution in [-0.2, 0) is 14.3 Å². The van der Waals surface area contributed by atoms with Gasteiger partial charge in [0.1, 0.15) is 6.54 Å². The SMILES string of the molecule is CC/C=C\C/C=C\C/C=C\C/C=C\C/C=C\C/C=C\CC(=O)OC(=O)CN(C)C(=N)N. The lowest BCUT2D eigenvalue weighted by Gasteiger charge is -2.14. The summed E-state index contributed by atoms with van der Waals surface area (Å²) in [6.45, 7) is 1.90. The van der Waals surface area contributed by atoms with Gasteiger partial charge < -0.3 is 15.4 Å². The second-order valence-corrected chi connectivity index (χ2v) is 6.71. The highest BCUT2D eigenvalue weighted by molar-refractivity contribution is 5.89. The summed E-state index contributed by atoms with van der Waals surface area (Å²) in [5.41, 5.74) is 5.21. The van der Waals surface area contributed by atoms with Crippen molar-refractivity contribution in [2.75, 3.05) is 13.6 Å². The summed E-state index contributed by atoms with van der Waals surface area (Å²) < 4.78 is 4.64. The van der Waals surface area contributed by atoms with Crippen LogP contribution in [0.4, 0.5) is 0 Å². The maximum Gasteiger partial charge on any atom is 0.333 e. The average Bonchev–Trinajstić information content (AvgIpc) is 2.72. The number of ether oxygens (including phenoxy) is 1. The van der Waals surface area contributed by atoms with Gasteiger partial charge in [0, 0.05) is 7.05 Å². The highest BCUT2D eigenvalue weighted by Gasteiger charge is 2.12. The van der Waals surface area contributed by atoms with Gasteiger partial charge in [0.05, 0.1) is 6.42 Å². The van der Waals surface area contributed by atoms with Gasteiger partial charge >= 0.3 is 11.9 Å². The van der Waals surface area contributed by atoms with Gasteiger partial charge in [-0.2, -0.15) is 0 Å². The Morgan fingerprint density at radius 3 is 1.52 bits per heavy atom. The van der Waals surface area contributed by atoms with E-state index >= 15 is 0 Å². The predicted octanol–water partition coefficient (Wildman–Crippen LogP) is 4.97. The van der Waals surface area contributed by atoms with Gasteiger partial charge in [-0.3, -0.25) is 10.2 Å². The summed E-state index contributed by atoms with van der Waals surface area (Å²) in [6, 6.07) is 0. The predicted molar refractivity (Wildman–Crippen MR) is 128 cm³/mol. The first-order valence-corrected chi connectivity index (χ1v) is 10.7. The van der Waals surface area contributed by atoms with Crippen LogP contribution in [0.2, 0.25) is 0 Å². The Labute approximate surface area is 187 Å². The lowest BCUT2D eigenvalue weighted by atomic mass is 10.2. The zero-order valence-electron chi connectivity index (χ0n) is 18.8. The molecule has 0 amide bonds. The second kappa shape index (κ2) is 20.1. The van der Waals surface area contributed by atoms with E-state index in [4.69, 9.17) is 11.1 Å². The van der Waals surface area contributed by atoms with Crippen molar-refractivity contribution in [2.45, 2.75) is 51.9 Å². The first-order chi connectivity index (χ1) is 15.0. The third-order valence-corrected chi connectivity index (χ3v) is 3.89. The third kappa shape index (κ3) is 19.9. The van der Waals surface area contributed by atoms with Crippen molar-refractivity contribution in [3.63, 3.8) is 0 Å². The molecule has 0 radical (unpaired) electrons. The quantitative estimate of drug-likeness (QED) is 0.126. The molecule has 0 bridgehead atoms.